The Balaban J connectivity index is 2.26. The van der Waals surface area contributed by atoms with E-state index in [0.717, 1.165) is 16.7 Å². The van der Waals surface area contributed by atoms with E-state index in [9.17, 15) is 4.79 Å². The van der Waals surface area contributed by atoms with Gasteiger partial charge in [0.15, 0.2) is 0 Å². The summed E-state index contributed by atoms with van der Waals surface area (Å²) < 4.78 is 0. The summed E-state index contributed by atoms with van der Waals surface area (Å²) in [4.78, 5) is 11.9. The van der Waals surface area contributed by atoms with Crippen LogP contribution in [0.25, 0.3) is 0 Å². The second kappa shape index (κ2) is 6.66. The van der Waals surface area contributed by atoms with Crippen molar-refractivity contribution >= 4 is 16.8 Å². The highest BCUT2D eigenvalue weighted by Gasteiger charge is 2.21. The zero-order chi connectivity index (χ0) is 16.3. The maximum absolute atomic E-state index is 11.9. The molecule has 1 unspecified atom stereocenters. The van der Waals surface area contributed by atoms with E-state index >= 15 is 0 Å². The molecule has 0 radical (unpaired) electrons. The van der Waals surface area contributed by atoms with Gasteiger partial charge >= 0.3 is 0 Å². The Hall–Kier alpha value is -1.60. The first-order valence-electron chi connectivity index (χ1n) is 7.63. The van der Waals surface area contributed by atoms with Crippen LogP contribution in [0.4, 0.5) is 0 Å². The Bertz CT molecular complexity index is 650. The molecule has 1 nitrogen and oxygen atoms in total. The second-order valence-corrected chi connectivity index (χ2v) is 7.24. The molecule has 2 heteroatoms. The van der Waals surface area contributed by atoms with Gasteiger partial charge in [0.1, 0.15) is 0 Å². The molecule has 22 heavy (non-hydrogen) atoms. The SMILES string of the molecule is Cc1ccccc1C(Cc1ccc(C(C)(C)C)cc1)C(=O)Cl. The van der Waals surface area contributed by atoms with Crippen LogP contribution in [0.1, 0.15) is 48.9 Å². The molecule has 2 aromatic carbocycles. The molecule has 0 saturated carbocycles. The molecule has 0 spiro atoms. The van der Waals surface area contributed by atoms with Gasteiger partial charge in [-0.05, 0) is 52.6 Å². The first-order chi connectivity index (χ1) is 10.3. The number of benzene rings is 2. The van der Waals surface area contributed by atoms with Crippen molar-refractivity contribution in [3.63, 3.8) is 0 Å². The standard InChI is InChI=1S/C20H23ClO/c1-14-7-5-6-8-17(14)18(19(21)22)13-15-9-11-16(12-10-15)20(2,3)4/h5-12,18H,13H2,1-4H3. The van der Waals surface area contributed by atoms with Gasteiger partial charge in [-0.1, -0.05) is 69.3 Å². The lowest BCUT2D eigenvalue weighted by Gasteiger charge is -2.20. The van der Waals surface area contributed by atoms with Gasteiger partial charge in [0.05, 0.1) is 5.92 Å². The number of halogens is 1. The van der Waals surface area contributed by atoms with Crippen LogP contribution < -0.4 is 0 Å². The number of hydrogen-bond acceptors (Lipinski definition) is 1. The fourth-order valence-corrected chi connectivity index (χ4v) is 2.86. The quantitative estimate of drug-likeness (QED) is 0.692. The molecule has 0 aliphatic heterocycles. The monoisotopic (exact) mass is 314 g/mol. The van der Waals surface area contributed by atoms with Crippen molar-refractivity contribution in [3.05, 3.63) is 70.8 Å². The first-order valence-corrected chi connectivity index (χ1v) is 8.01. The molecule has 2 aromatic rings. The van der Waals surface area contributed by atoms with Gasteiger partial charge in [0.2, 0.25) is 5.24 Å². The molecule has 0 aliphatic rings. The summed E-state index contributed by atoms with van der Waals surface area (Å²) in [6.45, 7) is 8.60. The molecule has 0 N–H and O–H groups in total. The van der Waals surface area contributed by atoms with E-state index in [4.69, 9.17) is 11.6 Å². The van der Waals surface area contributed by atoms with E-state index < -0.39 is 0 Å². The fraction of sp³-hybridized carbons (Fsp3) is 0.350. The number of aryl methyl sites for hydroxylation is 1. The van der Waals surface area contributed by atoms with Crippen LogP contribution in [0.2, 0.25) is 0 Å². The van der Waals surface area contributed by atoms with Crippen molar-refractivity contribution < 1.29 is 4.79 Å². The predicted molar refractivity (Wildman–Crippen MR) is 93.6 cm³/mol. The summed E-state index contributed by atoms with van der Waals surface area (Å²) >= 11 is 5.87. The van der Waals surface area contributed by atoms with Crippen molar-refractivity contribution in [2.24, 2.45) is 0 Å². The molecular formula is C20H23ClO. The van der Waals surface area contributed by atoms with Crippen LogP contribution in [0.3, 0.4) is 0 Å². The molecule has 0 fully saturated rings. The van der Waals surface area contributed by atoms with Crippen LogP contribution in [-0.2, 0) is 16.6 Å². The van der Waals surface area contributed by atoms with Crippen molar-refractivity contribution in [1.29, 1.82) is 0 Å². The molecule has 116 valence electrons. The lowest BCUT2D eigenvalue weighted by atomic mass is 9.85. The number of carbonyl (C=O) groups is 1. The highest BCUT2D eigenvalue weighted by atomic mass is 35.5. The molecule has 0 heterocycles. The molecule has 0 aliphatic carbocycles. The van der Waals surface area contributed by atoms with E-state index in [1.165, 1.54) is 5.56 Å². The van der Waals surface area contributed by atoms with E-state index in [2.05, 4.69) is 45.0 Å². The van der Waals surface area contributed by atoms with E-state index in [0.29, 0.717) is 6.42 Å². The van der Waals surface area contributed by atoms with E-state index in [1.807, 2.05) is 31.2 Å². The van der Waals surface area contributed by atoms with Gasteiger partial charge in [0, 0.05) is 0 Å². The van der Waals surface area contributed by atoms with Crippen LogP contribution >= 0.6 is 11.6 Å². The van der Waals surface area contributed by atoms with Crippen LogP contribution in [0.5, 0.6) is 0 Å². The first kappa shape index (κ1) is 16.8. The van der Waals surface area contributed by atoms with Crippen LogP contribution in [0, 0.1) is 6.92 Å². The minimum Gasteiger partial charge on any atom is -0.281 e. The largest absolute Gasteiger partial charge is 0.281 e. The van der Waals surface area contributed by atoms with Crippen molar-refractivity contribution in [2.45, 2.75) is 45.4 Å². The summed E-state index contributed by atoms with van der Waals surface area (Å²) in [6, 6.07) is 16.4. The number of carbonyl (C=O) groups excluding carboxylic acids is 1. The maximum Gasteiger partial charge on any atom is 0.229 e. The van der Waals surface area contributed by atoms with Crippen molar-refractivity contribution in [1.82, 2.24) is 0 Å². The third-order valence-electron chi connectivity index (χ3n) is 4.10. The Kier molecular flexibility index (Phi) is 5.08. The topological polar surface area (TPSA) is 17.1 Å². The third kappa shape index (κ3) is 3.98. The number of hydrogen-bond donors (Lipinski definition) is 0. The fourth-order valence-electron chi connectivity index (χ4n) is 2.67. The van der Waals surface area contributed by atoms with Gasteiger partial charge in [-0.2, -0.15) is 0 Å². The second-order valence-electron chi connectivity index (χ2n) is 6.86. The molecule has 1 atom stereocenters. The Morgan fingerprint density at radius 3 is 2.14 bits per heavy atom. The summed E-state index contributed by atoms with van der Waals surface area (Å²) in [5.41, 5.74) is 4.68. The predicted octanol–water partition coefficient (Wildman–Crippen LogP) is 5.38. The van der Waals surface area contributed by atoms with Gasteiger partial charge in [-0.3, -0.25) is 4.79 Å². The summed E-state index contributed by atoms with van der Waals surface area (Å²) in [7, 11) is 0. The average molecular weight is 315 g/mol. The smallest absolute Gasteiger partial charge is 0.229 e. The van der Waals surface area contributed by atoms with Crippen LogP contribution in [-0.4, -0.2) is 5.24 Å². The molecule has 2 rings (SSSR count). The van der Waals surface area contributed by atoms with Gasteiger partial charge in [-0.25, -0.2) is 0 Å². The summed E-state index contributed by atoms with van der Waals surface area (Å²) in [5.74, 6) is -0.289. The zero-order valence-electron chi connectivity index (χ0n) is 13.7. The average Bonchev–Trinajstić information content (AvgIpc) is 2.45. The lowest BCUT2D eigenvalue weighted by Crippen LogP contribution is -2.13. The van der Waals surface area contributed by atoms with Gasteiger partial charge < -0.3 is 0 Å². The van der Waals surface area contributed by atoms with Crippen LogP contribution in [0.15, 0.2) is 48.5 Å². The Morgan fingerprint density at radius 1 is 1.05 bits per heavy atom. The minimum atomic E-state index is -0.297. The van der Waals surface area contributed by atoms with Gasteiger partial charge in [0.25, 0.3) is 0 Å². The molecule has 0 amide bonds. The van der Waals surface area contributed by atoms with E-state index in [-0.39, 0.29) is 16.6 Å². The highest BCUT2D eigenvalue weighted by Crippen LogP contribution is 2.28. The zero-order valence-corrected chi connectivity index (χ0v) is 14.4. The molecule has 0 bridgehead atoms. The van der Waals surface area contributed by atoms with Gasteiger partial charge in [-0.15, -0.1) is 0 Å². The number of rotatable bonds is 4. The molecular weight excluding hydrogens is 292 g/mol. The maximum atomic E-state index is 11.9. The lowest BCUT2D eigenvalue weighted by molar-refractivity contribution is -0.113. The molecule has 0 saturated heterocycles. The minimum absolute atomic E-state index is 0.135. The van der Waals surface area contributed by atoms with Crippen molar-refractivity contribution in [2.75, 3.05) is 0 Å². The third-order valence-corrected chi connectivity index (χ3v) is 4.36. The highest BCUT2D eigenvalue weighted by molar-refractivity contribution is 6.64. The Labute approximate surface area is 138 Å². The summed E-state index contributed by atoms with van der Waals surface area (Å²) in [6.07, 6.45) is 0.637. The normalized spacial score (nSPS) is 13.0. The van der Waals surface area contributed by atoms with Crippen molar-refractivity contribution in [3.8, 4) is 0 Å². The summed E-state index contributed by atoms with van der Waals surface area (Å²) in [5, 5.41) is -0.297. The Morgan fingerprint density at radius 2 is 1.64 bits per heavy atom. The van der Waals surface area contributed by atoms with E-state index in [1.54, 1.807) is 0 Å². The molecule has 0 aromatic heterocycles.